The fourth-order valence-electron chi connectivity index (χ4n) is 3.29. The molecule has 1 aliphatic heterocycles. The van der Waals surface area contributed by atoms with E-state index in [1.807, 2.05) is 13.8 Å². The Kier molecular flexibility index (Phi) is 8.84. The largest absolute Gasteiger partial charge is 0.368 e. The van der Waals surface area contributed by atoms with Crippen LogP contribution in [0.15, 0.2) is 23.2 Å². The van der Waals surface area contributed by atoms with Gasteiger partial charge in [-0.25, -0.2) is 0 Å². The summed E-state index contributed by atoms with van der Waals surface area (Å²) in [5.41, 5.74) is 3.54. The minimum atomic E-state index is -0.481. The zero-order valence-corrected chi connectivity index (χ0v) is 19.8. The maximum Gasteiger partial charge on any atom is 0.227 e. The summed E-state index contributed by atoms with van der Waals surface area (Å²) in [6.45, 7) is 12.5. The van der Waals surface area contributed by atoms with Gasteiger partial charge in [-0.3, -0.25) is 9.79 Å². The predicted molar refractivity (Wildman–Crippen MR) is 124 cm³/mol. The van der Waals surface area contributed by atoms with Gasteiger partial charge in [0.25, 0.3) is 0 Å². The molecule has 0 bridgehead atoms. The van der Waals surface area contributed by atoms with Crippen LogP contribution in [0.1, 0.15) is 25.0 Å². The molecule has 1 heterocycles. The van der Waals surface area contributed by atoms with Crippen LogP contribution in [0.2, 0.25) is 0 Å². The highest BCUT2D eigenvalue weighted by atomic mass is 127. The lowest BCUT2D eigenvalue weighted by molar-refractivity contribution is -0.128. The van der Waals surface area contributed by atoms with Crippen molar-refractivity contribution in [2.75, 3.05) is 51.7 Å². The molecule has 1 aliphatic rings. The monoisotopic (exact) mass is 487 g/mol. The molecule has 1 amide bonds. The molecule has 2 N–H and O–H groups in total. The van der Waals surface area contributed by atoms with Crippen molar-refractivity contribution in [2.45, 2.75) is 27.7 Å². The second-order valence-corrected chi connectivity index (χ2v) is 7.56. The van der Waals surface area contributed by atoms with Crippen molar-refractivity contribution in [3.63, 3.8) is 0 Å². The first-order chi connectivity index (χ1) is 12.3. The number of nitrogens with zero attached hydrogens (tertiary/aromatic N) is 3. The number of benzene rings is 1. The quantitative estimate of drug-likeness (QED) is 0.389. The number of nitrogens with one attached hydrogen (secondary N) is 2. The average molecular weight is 487 g/mol. The summed E-state index contributed by atoms with van der Waals surface area (Å²) in [6, 6.07) is 6.50. The third kappa shape index (κ3) is 5.73. The highest BCUT2D eigenvalue weighted by molar-refractivity contribution is 14.0. The van der Waals surface area contributed by atoms with Crippen LogP contribution in [0.25, 0.3) is 0 Å². The Labute approximate surface area is 180 Å². The SMILES string of the molecule is CN=C(NCC(C)(C)C(=O)NC)N1CCN(c2cccc(C)c2C)CC1.I. The van der Waals surface area contributed by atoms with Crippen LogP contribution in [0, 0.1) is 19.3 Å². The Morgan fingerprint density at radius 2 is 1.81 bits per heavy atom. The number of hydrogen-bond acceptors (Lipinski definition) is 3. The summed E-state index contributed by atoms with van der Waals surface area (Å²) >= 11 is 0. The summed E-state index contributed by atoms with van der Waals surface area (Å²) in [5, 5.41) is 6.09. The van der Waals surface area contributed by atoms with Crippen molar-refractivity contribution in [2.24, 2.45) is 10.4 Å². The number of piperazine rings is 1. The van der Waals surface area contributed by atoms with Crippen molar-refractivity contribution in [1.29, 1.82) is 0 Å². The molecule has 0 saturated carbocycles. The molecule has 0 aromatic heterocycles. The first kappa shape index (κ1) is 23.5. The lowest BCUT2D eigenvalue weighted by Gasteiger charge is -2.39. The fraction of sp³-hybridized carbons (Fsp3) is 0.600. The van der Waals surface area contributed by atoms with Crippen LogP contribution < -0.4 is 15.5 Å². The zero-order valence-electron chi connectivity index (χ0n) is 17.4. The number of aliphatic imine (C=N–C) groups is 1. The number of aryl methyl sites for hydroxylation is 1. The van der Waals surface area contributed by atoms with Gasteiger partial charge in [0.2, 0.25) is 5.91 Å². The number of carbonyl (C=O) groups is 1. The minimum absolute atomic E-state index is 0. The van der Waals surface area contributed by atoms with Crippen molar-refractivity contribution < 1.29 is 4.79 Å². The fourth-order valence-corrected chi connectivity index (χ4v) is 3.29. The normalized spacial score (nSPS) is 15.3. The topological polar surface area (TPSA) is 60.0 Å². The van der Waals surface area contributed by atoms with Gasteiger partial charge in [0.1, 0.15) is 0 Å². The van der Waals surface area contributed by atoms with E-state index >= 15 is 0 Å². The van der Waals surface area contributed by atoms with Crippen LogP contribution in [0.4, 0.5) is 5.69 Å². The third-order valence-electron chi connectivity index (χ3n) is 5.24. The number of anilines is 1. The average Bonchev–Trinajstić information content (AvgIpc) is 2.64. The van der Waals surface area contributed by atoms with E-state index in [-0.39, 0.29) is 29.9 Å². The number of hydrogen-bond donors (Lipinski definition) is 2. The number of amides is 1. The minimum Gasteiger partial charge on any atom is -0.368 e. The van der Waals surface area contributed by atoms with Gasteiger partial charge in [0, 0.05) is 52.5 Å². The van der Waals surface area contributed by atoms with Gasteiger partial charge in [-0.2, -0.15) is 0 Å². The third-order valence-corrected chi connectivity index (χ3v) is 5.24. The van der Waals surface area contributed by atoms with E-state index in [1.165, 1.54) is 16.8 Å². The second-order valence-electron chi connectivity index (χ2n) is 7.56. The Hall–Kier alpha value is -1.51. The van der Waals surface area contributed by atoms with Crippen molar-refractivity contribution in [1.82, 2.24) is 15.5 Å². The van der Waals surface area contributed by atoms with Gasteiger partial charge in [0.05, 0.1) is 5.41 Å². The molecule has 1 fully saturated rings. The summed E-state index contributed by atoms with van der Waals surface area (Å²) < 4.78 is 0. The molecule has 1 aromatic rings. The Morgan fingerprint density at radius 1 is 1.19 bits per heavy atom. The van der Waals surface area contributed by atoms with Crippen molar-refractivity contribution in [3.8, 4) is 0 Å². The van der Waals surface area contributed by atoms with Gasteiger partial charge < -0.3 is 20.4 Å². The van der Waals surface area contributed by atoms with E-state index in [0.29, 0.717) is 6.54 Å². The van der Waals surface area contributed by atoms with Crippen LogP contribution in [-0.4, -0.2) is 63.6 Å². The van der Waals surface area contributed by atoms with E-state index in [9.17, 15) is 4.79 Å². The standard InChI is InChI=1S/C20H33N5O.HI/c1-15-8-7-9-17(16(15)2)24-10-12-25(13-11-24)19(22-6)23-14-20(3,4)18(26)21-5;/h7-9H,10-14H2,1-6H3,(H,21,26)(H,22,23);1H. The van der Waals surface area contributed by atoms with Gasteiger partial charge >= 0.3 is 0 Å². The maximum absolute atomic E-state index is 12.0. The van der Waals surface area contributed by atoms with Crippen LogP contribution in [-0.2, 0) is 4.79 Å². The van der Waals surface area contributed by atoms with E-state index in [0.717, 1.165) is 32.1 Å². The molecule has 7 heteroatoms. The van der Waals surface area contributed by atoms with Crippen LogP contribution in [0.5, 0.6) is 0 Å². The number of guanidine groups is 1. The van der Waals surface area contributed by atoms with E-state index < -0.39 is 5.41 Å². The first-order valence-corrected chi connectivity index (χ1v) is 9.29. The molecule has 0 atom stereocenters. The first-order valence-electron chi connectivity index (χ1n) is 9.29. The molecule has 0 aliphatic carbocycles. The van der Waals surface area contributed by atoms with Gasteiger partial charge in [-0.05, 0) is 44.9 Å². The predicted octanol–water partition coefficient (Wildman–Crippen LogP) is 2.39. The molecule has 1 saturated heterocycles. The molecule has 0 unspecified atom stereocenters. The van der Waals surface area contributed by atoms with E-state index in [1.54, 1.807) is 14.1 Å². The summed E-state index contributed by atoms with van der Waals surface area (Å²) in [5.74, 6) is 0.891. The van der Waals surface area contributed by atoms with Gasteiger partial charge in [-0.15, -0.1) is 24.0 Å². The number of carbonyl (C=O) groups excluding carboxylic acids is 1. The smallest absolute Gasteiger partial charge is 0.227 e. The molecule has 6 nitrogen and oxygen atoms in total. The maximum atomic E-state index is 12.0. The molecular formula is C20H34IN5O. The molecule has 152 valence electrons. The summed E-state index contributed by atoms with van der Waals surface area (Å²) in [4.78, 5) is 21.1. The molecule has 0 spiro atoms. The zero-order chi connectivity index (χ0) is 19.3. The highest BCUT2D eigenvalue weighted by Gasteiger charge is 2.28. The lowest BCUT2D eigenvalue weighted by atomic mass is 9.92. The number of halogens is 1. The van der Waals surface area contributed by atoms with Crippen LogP contribution >= 0.6 is 24.0 Å². The molecule has 1 aromatic carbocycles. The molecule has 0 radical (unpaired) electrons. The summed E-state index contributed by atoms with van der Waals surface area (Å²) in [7, 11) is 3.47. The van der Waals surface area contributed by atoms with E-state index in [4.69, 9.17) is 0 Å². The van der Waals surface area contributed by atoms with Crippen molar-refractivity contribution >= 4 is 41.5 Å². The Balaban J connectivity index is 0.00000364. The molecule has 27 heavy (non-hydrogen) atoms. The lowest BCUT2D eigenvalue weighted by Crippen LogP contribution is -2.54. The van der Waals surface area contributed by atoms with Gasteiger partial charge in [0.15, 0.2) is 5.96 Å². The Morgan fingerprint density at radius 3 is 2.37 bits per heavy atom. The Bertz CT molecular complexity index is 666. The van der Waals surface area contributed by atoms with Crippen molar-refractivity contribution in [3.05, 3.63) is 29.3 Å². The summed E-state index contributed by atoms with van der Waals surface area (Å²) in [6.07, 6.45) is 0. The molecule has 2 rings (SSSR count). The van der Waals surface area contributed by atoms with E-state index in [2.05, 4.69) is 57.5 Å². The second kappa shape index (κ2) is 10.1. The van der Waals surface area contributed by atoms with Crippen LogP contribution in [0.3, 0.4) is 0 Å². The van der Waals surface area contributed by atoms with Gasteiger partial charge in [-0.1, -0.05) is 12.1 Å². The number of rotatable bonds is 4. The molecular weight excluding hydrogens is 453 g/mol. The highest BCUT2D eigenvalue weighted by Crippen LogP contribution is 2.24.